The Bertz CT molecular complexity index is 438. The minimum Gasteiger partial charge on any atom is -0.476 e. The van der Waals surface area contributed by atoms with E-state index in [1.807, 2.05) is 13.8 Å². The molecule has 7 nitrogen and oxygen atoms in total. The van der Waals surface area contributed by atoms with Gasteiger partial charge in [0.25, 0.3) is 0 Å². The van der Waals surface area contributed by atoms with E-state index in [9.17, 15) is 4.79 Å². The van der Waals surface area contributed by atoms with Crippen LogP contribution in [0.3, 0.4) is 0 Å². The van der Waals surface area contributed by atoms with Crippen LogP contribution < -0.4 is 21.5 Å². The summed E-state index contributed by atoms with van der Waals surface area (Å²) in [6.07, 6.45) is 0. The number of carbonyl (C=O) groups excluding carboxylic acids is 1. The normalized spacial score (nSPS) is 10.6. The predicted molar refractivity (Wildman–Crippen MR) is 77.5 cm³/mol. The lowest BCUT2D eigenvalue weighted by Gasteiger charge is -2.12. The van der Waals surface area contributed by atoms with E-state index < -0.39 is 5.91 Å². The molecule has 1 aromatic heterocycles. The quantitative estimate of drug-likeness (QED) is 0.572. The van der Waals surface area contributed by atoms with Crippen molar-refractivity contribution < 1.29 is 14.3 Å². The number of rotatable bonds is 9. The number of nitrogens with two attached hydrogens (primary N) is 2. The highest BCUT2D eigenvalue weighted by molar-refractivity contribution is 5.74. The van der Waals surface area contributed by atoms with Gasteiger partial charge in [0.15, 0.2) is 0 Å². The van der Waals surface area contributed by atoms with E-state index in [4.69, 9.17) is 20.9 Å². The fraction of sp³-hybridized carbons (Fsp3) is 0.538. The highest BCUT2D eigenvalue weighted by Crippen LogP contribution is 2.21. The molecule has 112 valence electrons. The fourth-order valence-electron chi connectivity index (χ4n) is 1.33. The van der Waals surface area contributed by atoms with E-state index in [1.54, 1.807) is 12.1 Å². The monoisotopic (exact) mass is 282 g/mol. The number of nitrogens with zero attached hydrogens (tertiary/aromatic N) is 1. The summed E-state index contributed by atoms with van der Waals surface area (Å²) in [5.74, 6) is 0.970. The molecule has 5 N–H and O–H groups in total. The van der Waals surface area contributed by atoms with E-state index in [0.717, 1.165) is 0 Å². The Morgan fingerprint density at radius 2 is 2.20 bits per heavy atom. The SMILES string of the molecule is CC(C)COc1nc(NCCOCC(N)=O)ccc1N. The molecule has 1 aromatic rings. The zero-order chi connectivity index (χ0) is 15.0. The number of nitrogens with one attached hydrogen (secondary N) is 1. The number of aromatic nitrogens is 1. The van der Waals surface area contributed by atoms with Crippen LogP contribution in [0.25, 0.3) is 0 Å². The first-order chi connectivity index (χ1) is 9.49. The standard InChI is InChI=1S/C13H22N4O3/c1-9(2)7-20-13-10(14)3-4-12(17-13)16-5-6-19-8-11(15)18/h3-4,9H,5-8,14H2,1-2H3,(H2,15,18)(H,16,17). The average Bonchev–Trinajstić information content (AvgIpc) is 2.38. The molecule has 0 aliphatic carbocycles. The number of nitrogen functional groups attached to an aromatic ring is 1. The molecular weight excluding hydrogens is 260 g/mol. The van der Waals surface area contributed by atoms with Crippen LogP contribution in [-0.4, -0.2) is 37.3 Å². The number of hydrogen-bond donors (Lipinski definition) is 3. The van der Waals surface area contributed by atoms with Gasteiger partial charge in [-0.05, 0) is 18.1 Å². The first-order valence-corrected chi connectivity index (χ1v) is 6.48. The molecule has 0 spiro atoms. The zero-order valence-electron chi connectivity index (χ0n) is 11.9. The molecular formula is C13H22N4O3. The van der Waals surface area contributed by atoms with Gasteiger partial charge in [0, 0.05) is 6.54 Å². The van der Waals surface area contributed by atoms with Gasteiger partial charge < -0.3 is 26.3 Å². The Labute approximate surface area is 118 Å². The number of ether oxygens (including phenoxy) is 2. The molecule has 0 saturated carbocycles. The Kier molecular flexibility index (Phi) is 6.58. The summed E-state index contributed by atoms with van der Waals surface area (Å²) >= 11 is 0. The van der Waals surface area contributed by atoms with Gasteiger partial charge in [-0.15, -0.1) is 0 Å². The summed E-state index contributed by atoms with van der Waals surface area (Å²) in [6.45, 7) is 5.44. The lowest BCUT2D eigenvalue weighted by molar-refractivity contribution is -0.122. The van der Waals surface area contributed by atoms with Crippen molar-refractivity contribution in [2.24, 2.45) is 11.7 Å². The van der Waals surface area contributed by atoms with Gasteiger partial charge in [-0.2, -0.15) is 4.98 Å². The van der Waals surface area contributed by atoms with Gasteiger partial charge in [0.2, 0.25) is 11.8 Å². The predicted octanol–water partition coefficient (Wildman–Crippen LogP) is 0.612. The topological polar surface area (TPSA) is 112 Å². The second-order valence-electron chi connectivity index (χ2n) is 4.74. The Hall–Kier alpha value is -2.02. The second-order valence-corrected chi connectivity index (χ2v) is 4.74. The van der Waals surface area contributed by atoms with Crippen LogP contribution in [0.4, 0.5) is 11.5 Å². The third-order valence-corrected chi connectivity index (χ3v) is 2.24. The smallest absolute Gasteiger partial charge is 0.243 e. The summed E-state index contributed by atoms with van der Waals surface area (Å²) in [6, 6.07) is 3.49. The maximum absolute atomic E-state index is 10.5. The average molecular weight is 282 g/mol. The summed E-state index contributed by atoms with van der Waals surface area (Å²) in [5.41, 5.74) is 11.2. The Morgan fingerprint density at radius 1 is 1.45 bits per heavy atom. The largest absolute Gasteiger partial charge is 0.476 e. The van der Waals surface area contributed by atoms with E-state index in [0.29, 0.717) is 43.1 Å². The highest BCUT2D eigenvalue weighted by Gasteiger charge is 2.05. The Morgan fingerprint density at radius 3 is 2.85 bits per heavy atom. The number of carbonyl (C=O) groups is 1. The first kappa shape index (κ1) is 16.0. The third-order valence-electron chi connectivity index (χ3n) is 2.24. The highest BCUT2D eigenvalue weighted by atomic mass is 16.5. The van der Waals surface area contributed by atoms with Crippen molar-refractivity contribution in [1.82, 2.24) is 4.98 Å². The van der Waals surface area contributed by atoms with Crippen molar-refractivity contribution in [3.63, 3.8) is 0 Å². The number of hydrogen-bond acceptors (Lipinski definition) is 6. The number of primary amides is 1. The summed E-state index contributed by atoms with van der Waals surface area (Å²) < 4.78 is 10.6. The van der Waals surface area contributed by atoms with Crippen molar-refractivity contribution in [2.45, 2.75) is 13.8 Å². The molecule has 1 heterocycles. The van der Waals surface area contributed by atoms with Crippen LogP contribution in [0.15, 0.2) is 12.1 Å². The third kappa shape index (κ3) is 6.24. The maximum Gasteiger partial charge on any atom is 0.243 e. The van der Waals surface area contributed by atoms with Crippen LogP contribution in [0.5, 0.6) is 5.88 Å². The minimum absolute atomic E-state index is 0.0837. The molecule has 0 aromatic carbocycles. The molecule has 0 saturated heterocycles. The molecule has 1 amide bonds. The molecule has 0 radical (unpaired) electrons. The van der Waals surface area contributed by atoms with Gasteiger partial charge in [-0.3, -0.25) is 4.79 Å². The van der Waals surface area contributed by atoms with Crippen LogP contribution >= 0.6 is 0 Å². The zero-order valence-corrected chi connectivity index (χ0v) is 11.9. The number of anilines is 2. The molecule has 1 rings (SSSR count). The first-order valence-electron chi connectivity index (χ1n) is 6.48. The van der Waals surface area contributed by atoms with E-state index in [-0.39, 0.29) is 6.61 Å². The molecule has 20 heavy (non-hydrogen) atoms. The van der Waals surface area contributed by atoms with Gasteiger partial charge in [0.05, 0.1) is 18.9 Å². The molecule has 0 bridgehead atoms. The minimum atomic E-state index is -0.486. The van der Waals surface area contributed by atoms with E-state index in [1.165, 1.54) is 0 Å². The van der Waals surface area contributed by atoms with Crippen molar-refractivity contribution in [1.29, 1.82) is 0 Å². The molecule has 0 aliphatic rings. The summed E-state index contributed by atoms with van der Waals surface area (Å²) in [5, 5.41) is 3.05. The van der Waals surface area contributed by atoms with Crippen LogP contribution in [0.2, 0.25) is 0 Å². The molecule has 0 atom stereocenters. The maximum atomic E-state index is 10.5. The van der Waals surface area contributed by atoms with Gasteiger partial charge >= 0.3 is 0 Å². The van der Waals surface area contributed by atoms with E-state index in [2.05, 4.69) is 10.3 Å². The lowest BCUT2D eigenvalue weighted by Crippen LogP contribution is -2.20. The van der Waals surface area contributed by atoms with Crippen LogP contribution in [-0.2, 0) is 9.53 Å². The van der Waals surface area contributed by atoms with Gasteiger partial charge in [-0.1, -0.05) is 13.8 Å². The molecule has 0 aliphatic heterocycles. The molecule has 0 unspecified atom stereocenters. The summed E-state index contributed by atoms with van der Waals surface area (Å²) in [7, 11) is 0. The Balaban J connectivity index is 2.42. The van der Waals surface area contributed by atoms with Gasteiger partial charge in [-0.25, -0.2) is 0 Å². The summed E-state index contributed by atoms with van der Waals surface area (Å²) in [4.78, 5) is 14.7. The van der Waals surface area contributed by atoms with Crippen molar-refractivity contribution >= 4 is 17.4 Å². The van der Waals surface area contributed by atoms with E-state index >= 15 is 0 Å². The lowest BCUT2D eigenvalue weighted by atomic mass is 10.2. The van der Waals surface area contributed by atoms with Gasteiger partial charge in [0.1, 0.15) is 12.4 Å². The number of pyridine rings is 1. The molecule has 7 heteroatoms. The second kappa shape index (κ2) is 8.21. The van der Waals surface area contributed by atoms with Crippen LogP contribution in [0, 0.1) is 5.92 Å². The van der Waals surface area contributed by atoms with Crippen molar-refractivity contribution in [3.8, 4) is 5.88 Å². The van der Waals surface area contributed by atoms with Crippen LogP contribution in [0.1, 0.15) is 13.8 Å². The number of amides is 1. The molecule has 0 fully saturated rings. The fourth-order valence-corrected chi connectivity index (χ4v) is 1.33. The van der Waals surface area contributed by atoms with Crippen molar-refractivity contribution in [3.05, 3.63) is 12.1 Å². The van der Waals surface area contributed by atoms with Crippen molar-refractivity contribution in [2.75, 3.05) is 37.4 Å².